The molecule has 5 rings (SSSR count). The molecule has 0 bridgehead atoms. The number of hydrogen-bond donors (Lipinski definition) is 2. The minimum atomic E-state index is -0.226. The molecule has 0 unspecified atom stereocenters. The van der Waals surface area contributed by atoms with Crippen molar-refractivity contribution in [2.45, 2.75) is 45.6 Å². The van der Waals surface area contributed by atoms with Gasteiger partial charge >= 0.3 is 0 Å². The first-order valence-electron chi connectivity index (χ1n) is 11.3. The molecule has 0 saturated heterocycles. The number of anilines is 2. The van der Waals surface area contributed by atoms with Crippen LogP contribution in [0.5, 0.6) is 0 Å². The number of fused-ring (bicyclic) bond motifs is 1. The first kappa shape index (κ1) is 21.5. The van der Waals surface area contributed by atoms with Gasteiger partial charge in [-0.15, -0.1) is 11.3 Å². The van der Waals surface area contributed by atoms with Gasteiger partial charge in [0.1, 0.15) is 10.8 Å². The smallest absolute Gasteiger partial charge is 0.291 e. The van der Waals surface area contributed by atoms with Crippen molar-refractivity contribution in [2.75, 3.05) is 10.6 Å². The van der Waals surface area contributed by atoms with E-state index in [-0.39, 0.29) is 11.9 Å². The van der Waals surface area contributed by atoms with Crippen LogP contribution in [0.2, 0.25) is 0 Å². The predicted molar refractivity (Wildman–Crippen MR) is 133 cm³/mol. The molecule has 3 aromatic heterocycles. The van der Waals surface area contributed by atoms with E-state index in [4.69, 9.17) is 9.40 Å². The summed E-state index contributed by atoms with van der Waals surface area (Å²) < 4.78 is 5.34. The number of thiophene rings is 1. The monoisotopic (exact) mass is 457 g/mol. The largest absolute Gasteiger partial charge is 0.459 e. The van der Waals surface area contributed by atoms with E-state index in [1.54, 1.807) is 23.5 Å². The second kappa shape index (κ2) is 9.24. The van der Waals surface area contributed by atoms with Gasteiger partial charge < -0.3 is 15.1 Å². The van der Waals surface area contributed by atoms with Crippen LogP contribution in [0.4, 0.5) is 10.8 Å². The second-order valence-corrected chi connectivity index (χ2v) is 9.64. The number of pyridine rings is 1. The summed E-state index contributed by atoms with van der Waals surface area (Å²) in [4.78, 5) is 19.0. The Morgan fingerprint density at radius 3 is 2.61 bits per heavy atom. The average molecular weight is 458 g/mol. The Labute approximate surface area is 197 Å². The molecule has 1 aliphatic carbocycles. The quantitative estimate of drug-likeness (QED) is 0.339. The molecular weight excluding hydrogens is 430 g/mol. The molecule has 0 saturated carbocycles. The first-order chi connectivity index (χ1) is 16.1. The number of carbonyl (C=O) groups is 1. The van der Waals surface area contributed by atoms with Crippen molar-refractivity contribution in [2.24, 2.45) is 0 Å². The molecule has 5 nitrogen and oxygen atoms in total. The highest BCUT2D eigenvalue weighted by molar-refractivity contribution is 7.16. The molecule has 0 spiro atoms. The van der Waals surface area contributed by atoms with Gasteiger partial charge in [-0.05, 0) is 74.9 Å². The lowest BCUT2D eigenvalue weighted by Crippen LogP contribution is -2.19. The molecule has 6 heteroatoms. The number of furan rings is 1. The lowest BCUT2D eigenvalue weighted by Gasteiger charge is -2.24. The first-order valence-corrected chi connectivity index (χ1v) is 12.2. The maximum atomic E-state index is 12.9. The number of rotatable bonds is 6. The summed E-state index contributed by atoms with van der Waals surface area (Å²) in [5.74, 6) is 0.906. The van der Waals surface area contributed by atoms with Gasteiger partial charge in [-0.1, -0.05) is 35.9 Å². The summed E-state index contributed by atoms with van der Waals surface area (Å²) in [6, 6.07) is 17.9. The fourth-order valence-corrected chi connectivity index (χ4v) is 5.74. The number of benzene rings is 1. The van der Waals surface area contributed by atoms with E-state index in [2.05, 4.69) is 41.8 Å². The molecule has 1 aliphatic rings. The third kappa shape index (κ3) is 4.57. The van der Waals surface area contributed by atoms with E-state index >= 15 is 0 Å². The lowest BCUT2D eigenvalue weighted by atomic mass is 9.89. The zero-order valence-electron chi connectivity index (χ0n) is 18.9. The maximum Gasteiger partial charge on any atom is 0.291 e. The normalized spacial score (nSPS) is 13.9. The fraction of sp³-hybridized carbons (Fsp3) is 0.259. The van der Waals surface area contributed by atoms with Crippen LogP contribution >= 0.6 is 11.3 Å². The van der Waals surface area contributed by atoms with Crippen molar-refractivity contribution in [1.82, 2.24) is 4.98 Å². The molecule has 1 amide bonds. The molecule has 33 heavy (non-hydrogen) atoms. The Morgan fingerprint density at radius 1 is 1.03 bits per heavy atom. The van der Waals surface area contributed by atoms with Gasteiger partial charge in [-0.2, -0.15) is 0 Å². The van der Waals surface area contributed by atoms with Crippen LogP contribution in [0.15, 0.2) is 65.3 Å². The minimum absolute atomic E-state index is 0.134. The SMILES string of the molecule is Cc1ccc([C@H](Nc2cccc(C)n2)c2c(NC(=O)c3ccco3)sc3c2CCCC3)cc1. The summed E-state index contributed by atoms with van der Waals surface area (Å²) in [7, 11) is 0. The maximum absolute atomic E-state index is 12.9. The Hall–Kier alpha value is -3.38. The van der Waals surface area contributed by atoms with Gasteiger partial charge in [0.25, 0.3) is 5.91 Å². The summed E-state index contributed by atoms with van der Waals surface area (Å²) in [6.45, 7) is 4.09. The Kier molecular flexibility index (Phi) is 6.01. The predicted octanol–water partition coefficient (Wildman–Crippen LogP) is 6.69. The molecule has 0 aliphatic heterocycles. The van der Waals surface area contributed by atoms with Crippen molar-refractivity contribution in [3.05, 3.63) is 99.4 Å². The standard InChI is InChI=1S/C27H27N3O2S/c1-17-12-14-19(15-13-17)25(29-23-11-5-7-18(2)28-23)24-20-8-3-4-10-22(20)33-27(24)30-26(31)21-9-6-16-32-21/h5-7,9,11-16,25H,3-4,8,10H2,1-2H3,(H,28,29)(H,30,31)/t25-/m0/s1. The van der Waals surface area contributed by atoms with Crippen LogP contribution < -0.4 is 10.6 Å². The number of carbonyl (C=O) groups excluding carboxylic acids is 1. The van der Waals surface area contributed by atoms with Gasteiger partial charge in [0.2, 0.25) is 0 Å². The Balaban J connectivity index is 1.61. The van der Waals surface area contributed by atoms with Crippen LogP contribution in [-0.4, -0.2) is 10.9 Å². The molecular formula is C27H27N3O2S. The van der Waals surface area contributed by atoms with Crippen LogP contribution in [0.25, 0.3) is 0 Å². The number of aromatic nitrogens is 1. The van der Waals surface area contributed by atoms with Gasteiger partial charge in [0.15, 0.2) is 5.76 Å². The highest BCUT2D eigenvalue weighted by Gasteiger charge is 2.29. The number of hydrogen-bond acceptors (Lipinski definition) is 5. The van der Waals surface area contributed by atoms with E-state index in [1.807, 2.05) is 25.1 Å². The van der Waals surface area contributed by atoms with Gasteiger partial charge in [-0.25, -0.2) is 4.98 Å². The van der Waals surface area contributed by atoms with E-state index in [0.29, 0.717) is 5.76 Å². The Bertz CT molecular complexity index is 1260. The van der Waals surface area contributed by atoms with E-state index < -0.39 is 0 Å². The molecule has 0 radical (unpaired) electrons. The average Bonchev–Trinajstić information content (AvgIpc) is 3.47. The summed E-state index contributed by atoms with van der Waals surface area (Å²) in [5, 5.41) is 7.72. The third-order valence-electron chi connectivity index (χ3n) is 6.06. The van der Waals surface area contributed by atoms with Crippen molar-refractivity contribution in [3.63, 3.8) is 0 Å². The fourth-order valence-electron chi connectivity index (χ4n) is 4.41. The van der Waals surface area contributed by atoms with Gasteiger partial charge in [0.05, 0.1) is 12.3 Å². The third-order valence-corrected chi connectivity index (χ3v) is 7.29. The minimum Gasteiger partial charge on any atom is -0.459 e. The van der Waals surface area contributed by atoms with Gasteiger partial charge in [-0.3, -0.25) is 4.79 Å². The molecule has 1 atom stereocenters. The molecule has 3 heterocycles. The highest BCUT2D eigenvalue weighted by atomic mass is 32.1. The second-order valence-electron chi connectivity index (χ2n) is 8.54. The van der Waals surface area contributed by atoms with Crippen LogP contribution in [0, 0.1) is 13.8 Å². The van der Waals surface area contributed by atoms with Crippen molar-refractivity contribution >= 4 is 28.1 Å². The molecule has 2 N–H and O–H groups in total. The lowest BCUT2D eigenvalue weighted by molar-refractivity contribution is 0.0997. The van der Waals surface area contributed by atoms with E-state index in [1.165, 1.54) is 28.7 Å². The molecule has 4 aromatic rings. The topological polar surface area (TPSA) is 67.2 Å². The van der Waals surface area contributed by atoms with Crippen molar-refractivity contribution < 1.29 is 9.21 Å². The van der Waals surface area contributed by atoms with Crippen molar-refractivity contribution in [3.8, 4) is 0 Å². The zero-order valence-corrected chi connectivity index (χ0v) is 19.7. The number of nitrogens with zero attached hydrogens (tertiary/aromatic N) is 1. The Morgan fingerprint density at radius 2 is 1.85 bits per heavy atom. The molecule has 1 aromatic carbocycles. The zero-order chi connectivity index (χ0) is 22.8. The van der Waals surface area contributed by atoms with E-state index in [9.17, 15) is 4.79 Å². The summed E-state index contributed by atoms with van der Waals surface area (Å²) in [5.41, 5.74) is 5.81. The number of aryl methyl sites for hydroxylation is 3. The molecule has 0 fully saturated rings. The number of amides is 1. The van der Waals surface area contributed by atoms with Gasteiger partial charge in [0, 0.05) is 16.1 Å². The molecule has 168 valence electrons. The van der Waals surface area contributed by atoms with Crippen LogP contribution in [0.3, 0.4) is 0 Å². The number of nitrogens with one attached hydrogen (secondary N) is 2. The summed E-state index contributed by atoms with van der Waals surface area (Å²) in [6.07, 6.45) is 5.93. The van der Waals surface area contributed by atoms with Crippen LogP contribution in [-0.2, 0) is 12.8 Å². The van der Waals surface area contributed by atoms with Crippen LogP contribution in [0.1, 0.15) is 62.3 Å². The van der Waals surface area contributed by atoms with Crippen molar-refractivity contribution in [1.29, 1.82) is 0 Å². The highest BCUT2D eigenvalue weighted by Crippen LogP contribution is 2.44. The summed E-state index contributed by atoms with van der Waals surface area (Å²) >= 11 is 1.69. The van der Waals surface area contributed by atoms with E-state index in [0.717, 1.165) is 46.9 Å².